The summed E-state index contributed by atoms with van der Waals surface area (Å²) < 4.78 is 1.87. The minimum atomic E-state index is 0.542. The number of aromatic nitrogens is 1. The van der Waals surface area contributed by atoms with E-state index in [2.05, 4.69) is 47.5 Å². The molecule has 0 spiro atoms. The normalized spacial score (nSPS) is 9.71. The minimum absolute atomic E-state index is 0.542. The van der Waals surface area contributed by atoms with Crippen LogP contribution in [0.15, 0.2) is 15.1 Å². The first kappa shape index (κ1) is 11.9. The maximum absolute atomic E-state index is 4.98. The van der Waals surface area contributed by atoms with Crippen LogP contribution in [0, 0.1) is 6.92 Å². The number of hydrogen-bond donors (Lipinski definition) is 2. The third kappa shape index (κ3) is 2.65. The third-order valence-corrected chi connectivity index (χ3v) is 3.74. The number of nitrogens with zero attached hydrogens (tertiary/aromatic N) is 1. The van der Waals surface area contributed by atoms with Crippen LogP contribution < -0.4 is 10.6 Å². The van der Waals surface area contributed by atoms with Gasteiger partial charge in [-0.05, 0) is 56.6 Å². The molecule has 1 heterocycles. The van der Waals surface area contributed by atoms with Crippen LogP contribution in [0.2, 0.25) is 0 Å². The second kappa shape index (κ2) is 5.04. The van der Waals surface area contributed by atoms with Gasteiger partial charge in [0.25, 0.3) is 0 Å². The molecule has 6 heteroatoms. The maximum atomic E-state index is 4.98. The topological polar surface area (TPSA) is 37.0 Å². The van der Waals surface area contributed by atoms with Crippen LogP contribution in [0.4, 0.5) is 5.82 Å². The molecule has 1 aromatic heterocycles. The van der Waals surface area contributed by atoms with Gasteiger partial charge in [0.1, 0.15) is 5.82 Å². The van der Waals surface area contributed by atoms with Crippen molar-refractivity contribution in [3.05, 3.63) is 20.7 Å². The van der Waals surface area contributed by atoms with E-state index in [1.165, 1.54) is 0 Å². The number of halogens is 2. The van der Waals surface area contributed by atoms with Crippen molar-refractivity contribution in [2.24, 2.45) is 0 Å². The standard InChI is InChI=1S/C8H9Br2N3S/c1-4-5(9)3-12-7(6(4)10)13-8(14)11-2/h3H,1-2H3,(H2,11,12,13,14). The Morgan fingerprint density at radius 3 is 2.71 bits per heavy atom. The molecule has 0 fully saturated rings. The molecule has 0 radical (unpaired) electrons. The van der Waals surface area contributed by atoms with E-state index < -0.39 is 0 Å². The second-order valence-corrected chi connectivity index (χ2v) is 4.65. The van der Waals surface area contributed by atoms with Gasteiger partial charge in [0.2, 0.25) is 0 Å². The molecule has 0 saturated heterocycles. The average molecular weight is 339 g/mol. The Kier molecular flexibility index (Phi) is 4.28. The van der Waals surface area contributed by atoms with Gasteiger partial charge >= 0.3 is 0 Å². The Morgan fingerprint density at radius 2 is 2.14 bits per heavy atom. The van der Waals surface area contributed by atoms with E-state index in [0.717, 1.165) is 14.5 Å². The summed E-state index contributed by atoms with van der Waals surface area (Å²) in [6.45, 7) is 1.99. The minimum Gasteiger partial charge on any atom is -0.365 e. The van der Waals surface area contributed by atoms with Crippen LogP contribution in [0.5, 0.6) is 0 Å². The maximum Gasteiger partial charge on any atom is 0.171 e. The highest BCUT2D eigenvalue weighted by Gasteiger charge is 2.07. The Morgan fingerprint density at radius 1 is 1.50 bits per heavy atom. The molecule has 1 aromatic rings. The number of hydrogen-bond acceptors (Lipinski definition) is 2. The van der Waals surface area contributed by atoms with Crippen molar-refractivity contribution in [1.29, 1.82) is 0 Å². The first-order valence-corrected chi connectivity index (χ1v) is 5.85. The van der Waals surface area contributed by atoms with E-state index in [-0.39, 0.29) is 0 Å². The van der Waals surface area contributed by atoms with Gasteiger partial charge in [-0.2, -0.15) is 0 Å². The lowest BCUT2D eigenvalue weighted by Gasteiger charge is -2.10. The molecule has 0 aromatic carbocycles. The van der Waals surface area contributed by atoms with Crippen LogP contribution in [-0.2, 0) is 0 Å². The first-order valence-electron chi connectivity index (χ1n) is 3.85. The summed E-state index contributed by atoms with van der Waals surface area (Å²) in [6.07, 6.45) is 1.74. The van der Waals surface area contributed by atoms with Gasteiger partial charge in [-0.15, -0.1) is 0 Å². The zero-order chi connectivity index (χ0) is 10.7. The van der Waals surface area contributed by atoms with Gasteiger partial charge < -0.3 is 10.6 Å². The summed E-state index contributed by atoms with van der Waals surface area (Å²) in [5.74, 6) is 0.713. The van der Waals surface area contributed by atoms with Crippen molar-refractivity contribution in [2.75, 3.05) is 12.4 Å². The predicted molar refractivity (Wildman–Crippen MR) is 69.7 cm³/mol. The Hall–Kier alpha value is -0.200. The summed E-state index contributed by atoms with van der Waals surface area (Å²) >= 11 is 11.8. The van der Waals surface area contributed by atoms with E-state index in [9.17, 15) is 0 Å². The van der Waals surface area contributed by atoms with Gasteiger partial charge in [0, 0.05) is 17.7 Å². The van der Waals surface area contributed by atoms with E-state index in [4.69, 9.17) is 12.2 Å². The molecule has 14 heavy (non-hydrogen) atoms. The fraction of sp³-hybridized carbons (Fsp3) is 0.250. The first-order chi connectivity index (χ1) is 6.56. The Balaban J connectivity index is 3.00. The average Bonchev–Trinajstić information content (AvgIpc) is 2.19. The quantitative estimate of drug-likeness (QED) is 0.772. The van der Waals surface area contributed by atoms with Crippen molar-refractivity contribution < 1.29 is 0 Å². The molecule has 0 atom stereocenters. The smallest absolute Gasteiger partial charge is 0.171 e. The molecule has 0 aliphatic heterocycles. The van der Waals surface area contributed by atoms with Crippen molar-refractivity contribution in [1.82, 2.24) is 10.3 Å². The molecular formula is C8H9Br2N3S. The summed E-state index contributed by atoms with van der Waals surface area (Å²) in [5.41, 5.74) is 1.08. The van der Waals surface area contributed by atoms with Crippen molar-refractivity contribution >= 4 is 55.0 Å². The van der Waals surface area contributed by atoms with Crippen LogP contribution in [0.1, 0.15) is 5.56 Å². The molecule has 0 aliphatic carbocycles. The lowest BCUT2D eigenvalue weighted by Crippen LogP contribution is -2.24. The number of anilines is 1. The monoisotopic (exact) mass is 337 g/mol. The number of nitrogens with one attached hydrogen (secondary N) is 2. The van der Waals surface area contributed by atoms with Crippen molar-refractivity contribution in [3.63, 3.8) is 0 Å². The fourth-order valence-corrected chi connectivity index (χ4v) is 1.89. The fourth-order valence-electron chi connectivity index (χ4n) is 0.814. The SMILES string of the molecule is CNC(=S)Nc1ncc(Br)c(C)c1Br. The largest absolute Gasteiger partial charge is 0.365 e. The lowest BCUT2D eigenvalue weighted by molar-refractivity contribution is 1.17. The van der Waals surface area contributed by atoms with E-state index >= 15 is 0 Å². The van der Waals surface area contributed by atoms with Crippen LogP contribution in [-0.4, -0.2) is 17.1 Å². The second-order valence-electron chi connectivity index (χ2n) is 2.60. The van der Waals surface area contributed by atoms with Gasteiger partial charge in [-0.25, -0.2) is 4.98 Å². The Bertz CT molecular complexity index is 368. The van der Waals surface area contributed by atoms with Crippen molar-refractivity contribution in [2.45, 2.75) is 6.92 Å². The molecule has 3 nitrogen and oxygen atoms in total. The molecule has 0 saturated carbocycles. The summed E-state index contributed by atoms with van der Waals surface area (Å²) in [4.78, 5) is 4.19. The van der Waals surface area contributed by atoms with Crippen molar-refractivity contribution in [3.8, 4) is 0 Å². The molecule has 2 N–H and O–H groups in total. The van der Waals surface area contributed by atoms with Gasteiger partial charge in [0.15, 0.2) is 5.11 Å². The highest BCUT2D eigenvalue weighted by molar-refractivity contribution is 9.11. The molecule has 0 bridgehead atoms. The van der Waals surface area contributed by atoms with Gasteiger partial charge in [0.05, 0.1) is 4.47 Å². The third-order valence-electron chi connectivity index (χ3n) is 1.66. The van der Waals surface area contributed by atoms with E-state index in [1.54, 1.807) is 13.2 Å². The highest BCUT2D eigenvalue weighted by Crippen LogP contribution is 2.29. The number of thiocarbonyl (C=S) groups is 1. The Labute approximate surface area is 105 Å². The summed E-state index contributed by atoms with van der Waals surface area (Å²) in [5, 5.41) is 6.33. The molecule has 76 valence electrons. The van der Waals surface area contributed by atoms with Crippen LogP contribution >= 0.6 is 44.1 Å². The predicted octanol–water partition coefficient (Wildman–Crippen LogP) is 2.83. The molecule has 0 aliphatic rings. The molecule has 0 unspecified atom stereocenters. The van der Waals surface area contributed by atoms with E-state index in [0.29, 0.717) is 10.9 Å². The van der Waals surface area contributed by atoms with Gasteiger partial charge in [-0.1, -0.05) is 0 Å². The highest BCUT2D eigenvalue weighted by atomic mass is 79.9. The van der Waals surface area contributed by atoms with Gasteiger partial charge in [-0.3, -0.25) is 0 Å². The zero-order valence-corrected chi connectivity index (χ0v) is 11.7. The molecule has 0 amide bonds. The van der Waals surface area contributed by atoms with Crippen LogP contribution in [0.25, 0.3) is 0 Å². The number of pyridine rings is 1. The summed E-state index contributed by atoms with van der Waals surface area (Å²) in [6, 6.07) is 0. The molecular weight excluding hydrogens is 330 g/mol. The number of rotatable bonds is 1. The summed E-state index contributed by atoms with van der Waals surface area (Å²) in [7, 11) is 1.76. The lowest BCUT2D eigenvalue weighted by atomic mass is 10.3. The zero-order valence-electron chi connectivity index (χ0n) is 7.69. The van der Waals surface area contributed by atoms with Crippen LogP contribution in [0.3, 0.4) is 0 Å². The molecule has 1 rings (SSSR count). The van der Waals surface area contributed by atoms with E-state index in [1.807, 2.05) is 6.92 Å².